The summed E-state index contributed by atoms with van der Waals surface area (Å²) in [5, 5.41) is 4.06. The molecule has 46 valence electrons. The molecule has 8 heavy (non-hydrogen) atoms. The SMILES string of the molecule is CC1=NNCC1(C)C. The van der Waals surface area contributed by atoms with Crippen molar-refractivity contribution in [1.82, 2.24) is 5.43 Å². The van der Waals surface area contributed by atoms with Crippen LogP contribution in [0.25, 0.3) is 0 Å². The molecule has 0 bridgehead atoms. The maximum Gasteiger partial charge on any atom is 0.0433 e. The topological polar surface area (TPSA) is 24.4 Å². The van der Waals surface area contributed by atoms with Gasteiger partial charge in [0, 0.05) is 17.7 Å². The van der Waals surface area contributed by atoms with Crippen molar-refractivity contribution in [2.45, 2.75) is 20.8 Å². The van der Waals surface area contributed by atoms with E-state index in [-0.39, 0.29) is 0 Å². The molecule has 2 heteroatoms. The van der Waals surface area contributed by atoms with Gasteiger partial charge in [0.2, 0.25) is 0 Å². The fraction of sp³-hybridized carbons (Fsp3) is 0.833. The summed E-state index contributed by atoms with van der Waals surface area (Å²) in [4.78, 5) is 0. The molecular formula is C6H12N2. The lowest BCUT2D eigenvalue weighted by molar-refractivity contribution is 0.521. The van der Waals surface area contributed by atoms with Crippen molar-refractivity contribution in [2.75, 3.05) is 6.54 Å². The predicted octanol–water partition coefficient (Wildman–Crippen LogP) is 0.992. The first-order chi connectivity index (χ1) is 3.63. The molecule has 1 aliphatic heterocycles. The third-order valence-electron chi connectivity index (χ3n) is 1.75. The molecule has 0 aromatic heterocycles. The molecule has 0 spiro atoms. The van der Waals surface area contributed by atoms with E-state index < -0.39 is 0 Å². The van der Waals surface area contributed by atoms with E-state index >= 15 is 0 Å². The van der Waals surface area contributed by atoms with Gasteiger partial charge in [-0.1, -0.05) is 13.8 Å². The molecule has 2 nitrogen and oxygen atoms in total. The second-order valence-electron chi connectivity index (χ2n) is 2.92. The molecule has 0 saturated heterocycles. The Morgan fingerprint density at radius 1 is 1.62 bits per heavy atom. The highest BCUT2D eigenvalue weighted by Gasteiger charge is 2.25. The lowest BCUT2D eigenvalue weighted by Crippen LogP contribution is -2.23. The zero-order valence-corrected chi connectivity index (χ0v) is 5.65. The molecule has 1 N–H and O–H groups in total. The molecule has 1 aliphatic rings. The van der Waals surface area contributed by atoms with Crippen molar-refractivity contribution in [3.05, 3.63) is 0 Å². The molecule has 0 radical (unpaired) electrons. The van der Waals surface area contributed by atoms with Crippen LogP contribution in [-0.4, -0.2) is 12.3 Å². The van der Waals surface area contributed by atoms with Crippen LogP contribution in [0.4, 0.5) is 0 Å². The van der Waals surface area contributed by atoms with Gasteiger partial charge in [0.05, 0.1) is 0 Å². The molecule has 0 amide bonds. The van der Waals surface area contributed by atoms with Gasteiger partial charge < -0.3 is 5.43 Å². The normalized spacial score (nSPS) is 24.6. The second kappa shape index (κ2) is 1.47. The Kier molecular flexibility index (Phi) is 1.03. The first kappa shape index (κ1) is 5.60. The summed E-state index contributed by atoms with van der Waals surface area (Å²) < 4.78 is 0. The van der Waals surface area contributed by atoms with Gasteiger partial charge in [0.1, 0.15) is 0 Å². The summed E-state index contributed by atoms with van der Waals surface area (Å²) in [5.41, 5.74) is 4.45. The third kappa shape index (κ3) is 0.703. The van der Waals surface area contributed by atoms with Gasteiger partial charge in [-0.05, 0) is 6.92 Å². The number of rotatable bonds is 0. The van der Waals surface area contributed by atoms with Gasteiger partial charge in [-0.3, -0.25) is 0 Å². The van der Waals surface area contributed by atoms with Gasteiger partial charge in [-0.25, -0.2) is 0 Å². The lowest BCUT2D eigenvalue weighted by atomic mass is 9.90. The van der Waals surface area contributed by atoms with Gasteiger partial charge in [0.15, 0.2) is 0 Å². The van der Waals surface area contributed by atoms with Crippen LogP contribution in [0.5, 0.6) is 0 Å². The van der Waals surface area contributed by atoms with Gasteiger partial charge in [-0.15, -0.1) is 0 Å². The smallest absolute Gasteiger partial charge is 0.0433 e. The van der Waals surface area contributed by atoms with E-state index in [1.54, 1.807) is 0 Å². The van der Waals surface area contributed by atoms with Gasteiger partial charge in [-0.2, -0.15) is 5.10 Å². The van der Waals surface area contributed by atoms with E-state index in [1.165, 1.54) is 5.71 Å². The lowest BCUT2D eigenvalue weighted by Gasteiger charge is -2.14. The molecule has 0 aliphatic carbocycles. The van der Waals surface area contributed by atoms with Crippen LogP contribution < -0.4 is 5.43 Å². The van der Waals surface area contributed by atoms with Crippen LogP contribution in [-0.2, 0) is 0 Å². The van der Waals surface area contributed by atoms with Crippen molar-refractivity contribution in [3.63, 3.8) is 0 Å². The fourth-order valence-corrected chi connectivity index (χ4v) is 0.635. The van der Waals surface area contributed by atoms with Crippen LogP contribution >= 0.6 is 0 Å². The highest BCUT2D eigenvalue weighted by Crippen LogP contribution is 2.19. The Balaban J connectivity index is 2.73. The Bertz CT molecular complexity index is 124. The molecule has 0 aromatic rings. The van der Waals surface area contributed by atoms with E-state index in [9.17, 15) is 0 Å². The summed E-state index contributed by atoms with van der Waals surface area (Å²) >= 11 is 0. The largest absolute Gasteiger partial charge is 0.309 e. The maximum atomic E-state index is 4.06. The zero-order valence-electron chi connectivity index (χ0n) is 5.65. The number of nitrogens with zero attached hydrogens (tertiary/aromatic N) is 1. The summed E-state index contributed by atoms with van der Waals surface area (Å²) in [6.45, 7) is 7.41. The monoisotopic (exact) mass is 112 g/mol. The molecule has 1 heterocycles. The summed E-state index contributed by atoms with van der Waals surface area (Å²) in [6.07, 6.45) is 0. The average Bonchev–Trinajstić information content (AvgIpc) is 1.86. The number of hydrogen-bond acceptors (Lipinski definition) is 2. The Morgan fingerprint density at radius 3 is 2.38 bits per heavy atom. The highest BCUT2D eigenvalue weighted by molar-refractivity contribution is 5.88. The Hall–Kier alpha value is -0.530. The van der Waals surface area contributed by atoms with E-state index in [2.05, 4.69) is 31.3 Å². The fourth-order valence-electron chi connectivity index (χ4n) is 0.635. The van der Waals surface area contributed by atoms with Crippen molar-refractivity contribution in [1.29, 1.82) is 0 Å². The summed E-state index contributed by atoms with van der Waals surface area (Å²) in [6, 6.07) is 0. The van der Waals surface area contributed by atoms with E-state index in [4.69, 9.17) is 0 Å². The molecule has 0 saturated carbocycles. The molecule has 0 atom stereocenters. The van der Waals surface area contributed by atoms with Gasteiger partial charge >= 0.3 is 0 Å². The number of hydrazone groups is 1. The first-order valence-electron chi connectivity index (χ1n) is 2.90. The molecule has 0 fully saturated rings. The second-order valence-corrected chi connectivity index (χ2v) is 2.92. The van der Waals surface area contributed by atoms with Crippen molar-refractivity contribution in [2.24, 2.45) is 10.5 Å². The summed E-state index contributed by atoms with van der Waals surface area (Å²) in [7, 11) is 0. The first-order valence-corrected chi connectivity index (χ1v) is 2.90. The molecule has 0 aromatic carbocycles. The van der Waals surface area contributed by atoms with Crippen LogP contribution in [0.1, 0.15) is 20.8 Å². The van der Waals surface area contributed by atoms with E-state index in [0.29, 0.717) is 5.41 Å². The van der Waals surface area contributed by atoms with Crippen LogP contribution in [0.15, 0.2) is 5.10 Å². The zero-order chi connectivity index (χ0) is 6.20. The quantitative estimate of drug-likeness (QED) is 0.496. The van der Waals surface area contributed by atoms with E-state index in [0.717, 1.165) is 6.54 Å². The number of hydrogen-bond donors (Lipinski definition) is 1. The minimum atomic E-state index is 0.292. The van der Waals surface area contributed by atoms with Crippen molar-refractivity contribution in [3.8, 4) is 0 Å². The minimum Gasteiger partial charge on any atom is -0.309 e. The van der Waals surface area contributed by atoms with E-state index in [1.807, 2.05) is 0 Å². The highest BCUT2D eigenvalue weighted by atomic mass is 15.3. The summed E-state index contributed by atoms with van der Waals surface area (Å²) in [5.74, 6) is 0. The maximum absolute atomic E-state index is 4.06. The predicted molar refractivity (Wildman–Crippen MR) is 34.9 cm³/mol. The number of nitrogens with one attached hydrogen (secondary N) is 1. The molecule has 1 rings (SSSR count). The Morgan fingerprint density at radius 2 is 2.25 bits per heavy atom. The van der Waals surface area contributed by atoms with Crippen LogP contribution in [0.3, 0.4) is 0 Å². The molecular weight excluding hydrogens is 100 g/mol. The van der Waals surface area contributed by atoms with Crippen LogP contribution in [0.2, 0.25) is 0 Å². The van der Waals surface area contributed by atoms with Gasteiger partial charge in [0.25, 0.3) is 0 Å². The third-order valence-corrected chi connectivity index (χ3v) is 1.75. The van der Waals surface area contributed by atoms with Crippen molar-refractivity contribution >= 4 is 5.71 Å². The van der Waals surface area contributed by atoms with Crippen LogP contribution in [0, 0.1) is 5.41 Å². The molecule has 0 unspecified atom stereocenters. The minimum absolute atomic E-state index is 0.292. The van der Waals surface area contributed by atoms with Crippen molar-refractivity contribution < 1.29 is 0 Å². The standard InChI is InChI=1S/C6H12N2/c1-5-6(2,3)4-7-8-5/h7H,4H2,1-3H3. The Labute approximate surface area is 50.0 Å². The average molecular weight is 112 g/mol.